The van der Waals surface area contributed by atoms with E-state index in [1.165, 1.54) is 5.56 Å². The van der Waals surface area contributed by atoms with E-state index in [0.717, 1.165) is 39.7 Å². The average molecular weight is 377 g/mol. The summed E-state index contributed by atoms with van der Waals surface area (Å²) in [6.45, 7) is 2.01. The summed E-state index contributed by atoms with van der Waals surface area (Å²) in [6.07, 6.45) is 0.835. The van der Waals surface area contributed by atoms with Crippen molar-refractivity contribution in [3.63, 3.8) is 0 Å². The molecule has 3 aromatic rings. The van der Waals surface area contributed by atoms with E-state index in [1.807, 2.05) is 37.3 Å². The average Bonchev–Trinajstić information content (AvgIpc) is 3.16. The van der Waals surface area contributed by atoms with Crippen LogP contribution >= 0.6 is 11.6 Å². The van der Waals surface area contributed by atoms with Gasteiger partial charge >= 0.3 is 0 Å². The number of benzene rings is 3. The maximum atomic E-state index is 6.38. The van der Waals surface area contributed by atoms with Crippen molar-refractivity contribution >= 4 is 23.0 Å². The quantitative estimate of drug-likeness (QED) is 0.556. The summed E-state index contributed by atoms with van der Waals surface area (Å²) in [7, 11) is 1.68. The van der Waals surface area contributed by atoms with E-state index < -0.39 is 0 Å². The van der Waals surface area contributed by atoms with Gasteiger partial charge in [-0.1, -0.05) is 48.0 Å². The van der Waals surface area contributed by atoms with Gasteiger partial charge in [-0.05, 0) is 60.0 Å². The highest BCUT2D eigenvalue weighted by Crippen LogP contribution is 2.38. The molecule has 0 unspecified atom stereocenters. The molecule has 0 aromatic heterocycles. The first kappa shape index (κ1) is 17.6. The van der Waals surface area contributed by atoms with Crippen LogP contribution in [0.2, 0.25) is 5.02 Å². The zero-order valence-corrected chi connectivity index (χ0v) is 16.1. The zero-order valence-electron chi connectivity index (χ0n) is 15.4. The fraction of sp³-hybridized carbons (Fsp3) is 0.174. The molecule has 4 heteroatoms. The molecule has 1 heterocycles. The van der Waals surface area contributed by atoms with Crippen LogP contribution in [-0.4, -0.2) is 12.8 Å². The van der Waals surface area contributed by atoms with Crippen molar-refractivity contribution in [2.45, 2.75) is 19.4 Å². The Morgan fingerprint density at radius 2 is 1.74 bits per heavy atom. The lowest BCUT2D eigenvalue weighted by Crippen LogP contribution is -2.18. The first-order valence-electron chi connectivity index (χ1n) is 8.98. The molecule has 3 aromatic carbocycles. The molecule has 4 rings (SSSR count). The summed E-state index contributed by atoms with van der Waals surface area (Å²) in [5.41, 5.74) is 5.47. The van der Waals surface area contributed by atoms with Crippen molar-refractivity contribution < 1.29 is 4.74 Å². The predicted molar refractivity (Wildman–Crippen MR) is 112 cm³/mol. The Bertz CT molecular complexity index is 967. The number of ether oxygens (including phenoxy) is 1. The number of hydrogen-bond donors (Lipinski definition) is 0. The van der Waals surface area contributed by atoms with Crippen LogP contribution < -0.4 is 9.75 Å². The molecule has 0 N–H and O–H groups in total. The molecule has 0 radical (unpaired) electrons. The van der Waals surface area contributed by atoms with Gasteiger partial charge in [-0.2, -0.15) is 5.10 Å². The third-order valence-electron chi connectivity index (χ3n) is 4.94. The molecule has 27 heavy (non-hydrogen) atoms. The minimum absolute atomic E-state index is 0.141. The summed E-state index contributed by atoms with van der Waals surface area (Å²) < 4.78 is 5.27. The lowest BCUT2D eigenvalue weighted by molar-refractivity contribution is 0.415. The second kappa shape index (κ2) is 7.45. The van der Waals surface area contributed by atoms with Gasteiger partial charge in [0, 0.05) is 11.4 Å². The van der Waals surface area contributed by atoms with Crippen LogP contribution in [0.5, 0.6) is 5.75 Å². The number of hydrogen-bond acceptors (Lipinski definition) is 3. The molecule has 0 bridgehead atoms. The van der Waals surface area contributed by atoms with E-state index in [4.69, 9.17) is 21.4 Å². The highest BCUT2D eigenvalue weighted by Gasteiger charge is 2.30. The zero-order chi connectivity index (χ0) is 18.8. The van der Waals surface area contributed by atoms with Gasteiger partial charge in [-0.3, -0.25) is 5.01 Å². The fourth-order valence-corrected chi connectivity index (χ4v) is 3.54. The molecule has 0 aliphatic carbocycles. The van der Waals surface area contributed by atoms with Gasteiger partial charge in [0.1, 0.15) is 5.75 Å². The van der Waals surface area contributed by atoms with Crippen molar-refractivity contribution in [3.05, 3.63) is 94.5 Å². The Morgan fingerprint density at radius 3 is 2.41 bits per heavy atom. The molecule has 0 saturated heterocycles. The van der Waals surface area contributed by atoms with Gasteiger partial charge in [-0.15, -0.1) is 0 Å². The van der Waals surface area contributed by atoms with E-state index in [1.54, 1.807) is 7.11 Å². The molecule has 0 fully saturated rings. The number of methoxy groups -OCH3 is 1. The molecule has 1 aliphatic rings. The van der Waals surface area contributed by atoms with Gasteiger partial charge in [0.05, 0.1) is 24.6 Å². The Hall–Kier alpha value is -2.78. The first-order chi connectivity index (χ1) is 13.2. The molecule has 136 valence electrons. The smallest absolute Gasteiger partial charge is 0.118 e. The molecule has 0 saturated carbocycles. The summed E-state index contributed by atoms with van der Waals surface area (Å²) >= 11 is 6.38. The Balaban J connectivity index is 1.74. The predicted octanol–water partition coefficient (Wildman–Crippen LogP) is 6.01. The van der Waals surface area contributed by atoms with Crippen LogP contribution in [0.1, 0.15) is 29.2 Å². The summed E-state index contributed by atoms with van der Waals surface area (Å²) in [4.78, 5) is 0. The topological polar surface area (TPSA) is 24.8 Å². The first-order valence-corrected chi connectivity index (χ1v) is 9.36. The third-order valence-corrected chi connectivity index (χ3v) is 5.35. The summed E-state index contributed by atoms with van der Waals surface area (Å²) in [5, 5.41) is 7.80. The molecular formula is C23H21ClN2O. The van der Waals surface area contributed by atoms with E-state index >= 15 is 0 Å². The van der Waals surface area contributed by atoms with E-state index in [2.05, 4.69) is 47.5 Å². The number of anilines is 1. The van der Waals surface area contributed by atoms with Crippen molar-refractivity contribution in [1.29, 1.82) is 0 Å². The lowest BCUT2D eigenvalue weighted by Gasteiger charge is -2.24. The van der Waals surface area contributed by atoms with Crippen molar-refractivity contribution in [2.24, 2.45) is 5.10 Å². The Kier molecular flexibility index (Phi) is 4.87. The Morgan fingerprint density at radius 1 is 1.00 bits per heavy atom. The number of aryl methyl sites for hydroxylation is 1. The van der Waals surface area contributed by atoms with Crippen LogP contribution in [0.3, 0.4) is 0 Å². The highest BCUT2D eigenvalue weighted by molar-refractivity contribution is 6.31. The van der Waals surface area contributed by atoms with Crippen molar-refractivity contribution in [1.82, 2.24) is 0 Å². The molecule has 1 aliphatic heterocycles. The van der Waals surface area contributed by atoms with Crippen molar-refractivity contribution in [3.8, 4) is 5.75 Å². The third kappa shape index (κ3) is 3.56. The normalized spacial score (nSPS) is 16.3. The minimum Gasteiger partial charge on any atom is -0.497 e. The van der Waals surface area contributed by atoms with Crippen LogP contribution in [0.15, 0.2) is 77.9 Å². The lowest BCUT2D eigenvalue weighted by atomic mass is 9.98. The standard InChI is InChI=1S/C23H21ClN2O/c1-16-8-11-19(14-21(16)24)26-23(18-6-4-3-5-7-18)15-22(25-26)17-9-12-20(27-2)13-10-17/h3-14,23H,15H2,1-2H3/t23-/m0/s1. The molecule has 3 nitrogen and oxygen atoms in total. The number of hydrazone groups is 1. The molecule has 0 spiro atoms. The minimum atomic E-state index is 0.141. The SMILES string of the molecule is COc1ccc(C2=NN(c3ccc(C)c(Cl)c3)[C@H](c3ccccc3)C2)cc1. The second-order valence-electron chi connectivity index (χ2n) is 6.68. The molecular weight excluding hydrogens is 356 g/mol. The maximum absolute atomic E-state index is 6.38. The highest BCUT2D eigenvalue weighted by atomic mass is 35.5. The number of rotatable bonds is 4. The van der Waals surface area contributed by atoms with Gasteiger partial charge in [0.15, 0.2) is 0 Å². The van der Waals surface area contributed by atoms with Crippen LogP contribution in [0, 0.1) is 6.92 Å². The summed E-state index contributed by atoms with van der Waals surface area (Å²) in [6, 6.07) is 24.8. The maximum Gasteiger partial charge on any atom is 0.118 e. The van der Waals surface area contributed by atoms with Crippen molar-refractivity contribution in [2.75, 3.05) is 12.1 Å². The second-order valence-corrected chi connectivity index (χ2v) is 7.09. The van der Waals surface area contributed by atoms with Crippen LogP contribution in [-0.2, 0) is 0 Å². The van der Waals surface area contributed by atoms with E-state index in [0.29, 0.717) is 0 Å². The molecule has 1 atom stereocenters. The summed E-state index contributed by atoms with van der Waals surface area (Å²) in [5.74, 6) is 0.846. The Labute approximate surface area is 164 Å². The molecule has 0 amide bonds. The van der Waals surface area contributed by atoms with Gasteiger partial charge in [0.2, 0.25) is 0 Å². The monoisotopic (exact) mass is 376 g/mol. The van der Waals surface area contributed by atoms with Crippen LogP contribution in [0.4, 0.5) is 5.69 Å². The van der Waals surface area contributed by atoms with Crippen LogP contribution in [0.25, 0.3) is 0 Å². The van der Waals surface area contributed by atoms with Gasteiger partial charge < -0.3 is 4.74 Å². The van der Waals surface area contributed by atoms with E-state index in [9.17, 15) is 0 Å². The largest absolute Gasteiger partial charge is 0.497 e. The fourth-order valence-electron chi connectivity index (χ4n) is 3.37. The number of halogens is 1. The number of nitrogens with zero attached hydrogens (tertiary/aromatic N) is 2. The van der Waals surface area contributed by atoms with Gasteiger partial charge in [-0.25, -0.2) is 0 Å². The van der Waals surface area contributed by atoms with E-state index in [-0.39, 0.29) is 6.04 Å². The van der Waals surface area contributed by atoms with Gasteiger partial charge in [0.25, 0.3) is 0 Å².